The third kappa shape index (κ3) is 5.30. The summed E-state index contributed by atoms with van der Waals surface area (Å²) in [7, 11) is 1.88. The van der Waals surface area contributed by atoms with Crippen molar-refractivity contribution in [3.05, 3.63) is 30.1 Å². The van der Waals surface area contributed by atoms with Crippen molar-refractivity contribution in [3.63, 3.8) is 0 Å². The van der Waals surface area contributed by atoms with Gasteiger partial charge in [-0.15, -0.1) is 0 Å². The summed E-state index contributed by atoms with van der Waals surface area (Å²) in [6, 6.07) is 3.83. The zero-order chi connectivity index (χ0) is 16.8. The average molecular weight is 320 g/mol. The second-order valence-corrected chi connectivity index (χ2v) is 5.99. The molecule has 7 nitrogen and oxygen atoms in total. The van der Waals surface area contributed by atoms with Gasteiger partial charge < -0.3 is 14.9 Å². The molecule has 2 amide bonds. The highest BCUT2D eigenvalue weighted by Crippen LogP contribution is 2.07. The maximum Gasteiger partial charge on any atom is 0.236 e. The molecular weight excluding hydrogens is 296 g/mol. The van der Waals surface area contributed by atoms with Crippen molar-refractivity contribution in [1.82, 2.24) is 19.7 Å². The van der Waals surface area contributed by atoms with Crippen LogP contribution in [0.4, 0.5) is 0 Å². The molecule has 1 aromatic heterocycles. The molecule has 7 heteroatoms. The van der Waals surface area contributed by atoms with Gasteiger partial charge in [0, 0.05) is 52.0 Å². The van der Waals surface area contributed by atoms with E-state index in [1.165, 1.54) is 6.92 Å². The molecular formula is C16H24N4O3. The molecule has 2 heterocycles. The van der Waals surface area contributed by atoms with E-state index in [-0.39, 0.29) is 31.4 Å². The predicted octanol–water partition coefficient (Wildman–Crippen LogP) is -0.435. The first-order valence-electron chi connectivity index (χ1n) is 7.74. The molecule has 0 bridgehead atoms. The number of rotatable bonds is 4. The lowest BCUT2D eigenvalue weighted by molar-refractivity contribution is -0.133. The van der Waals surface area contributed by atoms with E-state index in [1.54, 1.807) is 22.2 Å². The first-order valence-corrected chi connectivity index (χ1v) is 7.74. The van der Waals surface area contributed by atoms with E-state index in [4.69, 9.17) is 0 Å². The number of carbonyl (C=O) groups excluding carboxylic acids is 2. The summed E-state index contributed by atoms with van der Waals surface area (Å²) in [5, 5.41) is 9.99. The molecule has 23 heavy (non-hydrogen) atoms. The van der Waals surface area contributed by atoms with E-state index in [0.29, 0.717) is 19.6 Å². The van der Waals surface area contributed by atoms with Gasteiger partial charge in [0.15, 0.2) is 0 Å². The van der Waals surface area contributed by atoms with Gasteiger partial charge in [-0.25, -0.2) is 0 Å². The van der Waals surface area contributed by atoms with Crippen LogP contribution < -0.4 is 0 Å². The van der Waals surface area contributed by atoms with Crippen LogP contribution in [0.2, 0.25) is 0 Å². The number of aliphatic hydroxyl groups is 1. The van der Waals surface area contributed by atoms with Gasteiger partial charge in [0.1, 0.15) is 0 Å². The van der Waals surface area contributed by atoms with E-state index in [1.807, 2.05) is 24.1 Å². The smallest absolute Gasteiger partial charge is 0.236 e. The molecule has 1 unspecified atom stereocenters. The Kier molecular flexibility index (Phi) is 6.06. The minimum Gasteiger partial charge on any atom is -0.389 e. The first kappa shape index (κ1) is 17.4. The molecule has 2 rings (SSSR count). The van der Waals surface area contributed by atoms with Gasteiger partial charge in [0.25, 0.3) is 0 Å². The Morgan fingerprint density at radius 2 is 2.04 bits per heavy atom. The average Bonchev–Trinajstić information content (AvgIpc) is 2.70. The van der Waals surface area contributed by atoms with Crippen LogP contribution in [0.15, 0.2) is 24.5 Å². The van der Waals surface area contributed by atoms with Crippen molar-refractivity contribution in [2.24, 2.45) is 0 Å². The van der Waals surface area contributed by atoms with Crippen molar-refractivity contribution in [2.45, 2.75) is 19.6 Å². The Balaban J connectivity index is 1.88. The Morgan fingerprint density at radius 3 is 2.70 bits per heavy atom. The lowest BCUT2D eigenvalue weighted by Crippen LogP contribution is -2.42. The largest absolute Gasteiger partial charge is 0.389 e. The van der Waals surface area contributed by atoms with Crippen LogP contribution in [-0.4, -0.2) is 82.5 Å². The maximum absolute atomic E-state index is 12.4. The van der Waals surface area contributed by atoms with Crippen LogP contribution in [0.25, 0.3) is 0 Å². The summed E-state index contributed by atoms with van der Waals surface area (Å²) in [5.74, 6) is -0.118. The highest BCUT2D eigenvalue weighted by molar-refractivity contribution is 5.78. The fraction of sp³-hybridized carbons (Fsp3) is 0.562. The van der Waals surface area contributed by atoms with Gasteiger partial charge in [-0.05, 0) is 18.7 Å². The Bertz CT molecular complexity index is 537. The Hall–Kier alpha value is -1.99. The minimum absolute atomic E-state index is 0.0409. The summed E-state index contributed by atoms with van der Waals surface area (Å²) in [6.45, 7) is 3.84. The van der Waals surface area contributed by atoms with E-state index in [2.05, 4.69) is 4.98 Å². The van der Waals surface area contributed by atoms with Crippen LogP contribution in [0.5, 0.6) is 0 Å². The normalized spacial score (nSPS) is 18.9. The molecule has 126 valence electrons. The predicted molar refractivity (Wildman–Crippen MR) is 85.4 cm³/mol. The van der Waals surface area contributed by atoms with Crippen molar-refractivity contribution in [3.8, 4) is 0 Å². The summed E-state index contributed by atoms with van der Waals surface area (Å²) < 4.78 is 0. The van der Waals surface area contributed by atoms with E-state index < -0.39 is 6.10 Å². The third-order valence-corrected chi connectivity index (χ3v) is 3.88. The molecule has 0 saturated carbocycles. The second-order valence-electron chi connectivity index (χ2n) is 5.99. The maximum atomic E-state index is 12.4. The Morgan fingerprint density at radius 1 is 1.35 bits per heavy atom. The van der Waals surface area contributed by atoms with Gasteiger partial charge in [-0.1, -0.05) is 6.07 Å². The van der Waals surface area contributed by atoms with Crippen molar-refractivity contribution in [1.29, 1.82) is 0 Å². The number of aromatic nitrogens is 1. The molecule has 1 saturated heterocycles. The van der Waals surface area contributed by atoms with Crippen LogP contribution >= 0.6 is 0 Å². The van der Waals surface area contributed by atoms with Gasteiger partial charge >= 0.3 is 0 Å². The van der Waals surface area contributed by atoms with Gasteiger partial charge in [0.05, 0.1) is 12.6 Å². The monoisotopic (exact) mass is 320 g/mol. The van der Waals surface area contributed by atoms with Gasteiger partial charge in [-0.2, -0.15) is 0 Å². The van der Waals surface area contributed by atoms with Crippen LogP contribution in [0, 0.1) is 0 Å². The molecule has 1 N–H and O–H groups in total. The fourth-order valence-electron chi connectivity index (χ4n) is 2.69. The SMILES string of the molecule is CC(=O)N1CCN(C(=O)CN(C)Cc2cccnc2)CC(O)C1. The van der Waals surface area contributed by atoms with Crippen molar-refractivity contribution in [2.75, 3.05) is 39.8 Å². The number of amides is 2. The lowest BCUT2D eigenvalue weighted by Gasteiger charge is -2.25. The van der Waals surface area contributed by atoms with Crippen LogP contribution in [0.1, 0.15) is 12.5 Å². The zero-order valence-electron chi connectivity index (χ0n) is 13.7. The number of β-amino-alcohol motifs (C(OH)–C–C–N with tert-alkyl or cyclic N) is 1. The molecule has 1 aliphatic heterocycles. The fourth-order valence-corrected chi connectivity index (χ4v) is 2.69. The molecule has 1 aliphatic rings. The zero-order valence-corrected chi connectivity index (χ0v) is 13.7. The van der Waals surface area contributed by atoms with E-state index >= 15 is 0 Å². The van der Waals surface area contributed by atoms with Crippen molar-refractivity contribution < 1.29 is 14.7 Å². The molecule has 0 spiro atoms. The number of hydrogen-bond acceptors (Lipinski definition) is 5. The summed E-state index contributed by atoms with van der Waals surface area (Å²) in [4.78, 5) is 33.1. The Labute approximate surface area is 136 Å². The second kappa shape index (κ2) is 8.03. The molecule has 0 aromatic carbocycles. The highest BCUT2D eigenvalue weighted by Gasteiger charge is 2.25. The highest BCUT2D eigenvalue weighted by atomic mass is 16.3. The molecule has 1 atom stereocenters. The first-order chi connectivity index (χ1) is 11.0. The summed E-state index contributed by atoms with van der Waals surface area (Å²) >= 11 is 0. The quantitative estimate of drug-likeness (QED) is 0.814. The van der Waals surface area contributed by atoms with E-state index in [0.717, 1.165) is 5.56 Å². The lowest BCUT2D eigenvalue weighted by atomic mass is 10.2. The van der Waals surface area contributed by atoms with Crippen LogP contribution in [0.3, 0.4) is 0 Å². The molecule has 0 radical (unpaired) electrons. The topological polar surface area (TPSA) is 77.0 Å². The molecule has 0 aliphatic carbocycles. The summed E-state index contributed by atoms with van der Waals surface area (Å²) in [6.07, 6.45) is 2.80. The molecule has 1 aromatic rings. The minimum atomic E-state index is -0.700. The number of carbonyl (C=O) groups is 2. The number of pyridine rings is 1. The van der Waals surface area contributed by atoms with Crippen LogP contribution in [-0.2, 0) is 16.1 Å². The standard InChI is InChI=1S/C16H24N4O3/c1-13(21)19-6-7-20(11-15(22)10-19)16(23)12-18(2)9-14-4-3-5-17-8-14/h3-5,8,15,22H,6-7,9-12H2,1-2H3. The summed E-state index contributed by atoms with van der Waals surface area (Å²) in [5.41, 5.74) is 1.04. The number of nitrogens with zero attached hydrogens (tertiary/aromatic N) is 4. The molecule has 1 fully saturated rings. The number of likely N-dealkylation sites (N-methyl/N-ethyl adjacent to an activating group) is 1. The third-order valence-electron chi connectivity index (χ3n) is 3.88. The van der Waals surface area contributed by atoms with Gasteiger partial charge in [0.2, 0.25) is 11.8 Å². The number of hydrogen-bond donors (Lipinski definition) is 1. The number of aliphatic hydroxyl groups excluding tert-OH is 1. The van der Waals surface area contributed by atoms with E-state index in [9.17, 15) is 14.7 Å². The van der Waals surface area contributed by atoms with Crippen molar-refractivity contribution >= 4 is 11.8 Å². The van der Waals surface area contributed by atoms with Gasteiger partial charge in [-0.3, -0.25) is 19.5 Å².